The summed E-state index contributed by atoms with van der Waals surface area (Å²) in [5.74, 6) is 0.708. The van der Waals surface area contributed by atoms with Crippen molar-refractivity contribution in [3.05, 3.63) is 54.9 Å². The van der Waals surface area contributed by atoms with Gasteiger partial charge in [-0.3, -0.25) is 0 Å². The molecule has 0 bridgehead atoms. The lowest BCUT2D eigenvalue weighted by Gasteiger charge is -1.98. The van der Waals surface area contributed by atoms with E-state index >= 15 is 0 Å². The van der Waals surface area contributed by atoms with E-state index in [1.54, 1.807) is 28.1 Å². The molecule has 17 heavy (non-hydrogen) atoms. The summed E-state index contributed by atoms with van der Waals surface area (Å²) in [6.07, 6.45) is 5.11. The molecule has 6 nitrogen and oxygen atoms in total. The van der Waals surface area contributed by atoms with Crippen molar-refractivity contribution in [1.29, 1.82) is 0 Å². The van der Waals surface area contributed by atoms with Gasteiger partial charge in [0.1, 0.15) is 12.9 Å². The van der Waals surface area contributed by atoms with Crippen molar-refractivity contribution in [1.82, 2.24) is 29.8 Å². The minimum atomic E-state index is 0.528. The number of hydrogen-bond donors (Lipinski definition) is 0. The highest BCUT2D eigenvalue weighted by Crippen LogP contribution is 2.05. The number of benzene rings is 1. The molecule has 0 amide bonds. The summed E-state index contributed by atoms with van der Waals surface area (Å²) >= 11 is 0. The molecule has 2 heterocycles. The molecule has 0 saturated heterocycles. The summed E-state index contributed by atoms with van der Waals surface area (Å²) in [6.45, 7) is 0.528. The number of nitrogens with zero attached hydrogens (tertiary/aromatic N) is 6. The topological polar surface area (TPSA) is 61.4 Å². The summed E-state index contributed by atoms with van der Waals surface area (Å²) in [7, 11) is 0. The zero-order valence-corrected chi connectivity index (χ0v) is 9.01. The molecular weight excluding hydrogens is 216 g/mol. The maximum atomic E-state index is 4.37. The lowest BCUT2D eigenvalue weighted by molar-refractivity contribution is 0.623. The van der Waals surface area contributed by atoms with E-state index in [-0.39, 0.29) is 0 Å². The Labute approximate surface area is 97.5 Å². The van der Waals surface area contributed by atoms with E-state index in [1.807, 2.05) is 30.3 Å². The van der Waals surface area contributed by atoms with Gasteiger partial charge in [-0.15, -0.1) is 10.2 Å². The molecule has 0 unspecified atom stereocenters. The fourth-order valence-corrected chi connectivity index (χ4v) is 1.54. The van der Waals surface area contributed by atoms with Crippen LogP contribution in [0.2, 0.25) is 0 Å². The Morgan fingerprint density at radius 1 is 1.12 bits per heavy atom. The first-order valence-electron chi connectivity index (χ1n) is 5.22. The van der Waals surface area contributed by atoms with Gasteiger partial charge in [0.05, 0.1) is 11.9 Å². The van der Waals surface area contributed by atoms with Crippen LogP contribution in [0.1, 0.15) is 5.82 Å². The molecule has 0 saturated carbocycles. The summed E-state index contributed by atoms with van der Waals surface area (Å²) in [5, 5.41) is 12.0. The molecule has 0 fully saturated rings. The first-order chi connectivity index (χ1) is 8.42. The van der Waals surface area contributed by atoms with E-state index in [2.05, 4.69) is 20.4 Å². The van der Waals surface area contributed by atoms with Crippen molar-refractivity contribution in [2.45, 2.75) is 6.54 Å². The van der Waals surface area contributed by atoms with Crippen LogP contribution in [0.15, 0.2) is 49.1 Å². The molecule has 0 aliphatic rings. The monoisotopic (exact) mass is 226 g/mol. The Bertz CT molecular complexity index is 583. The number of rotatable bonds is 3. The van der Waals surface area contributed by atoms with Gasteiger partial charge in [-0.2, -0.15) is 0 Å². The van der Waals surface area contributed by atoms with Crippen molar-refractivity contribution in [3.8, 4) is 5.69 Å². The molecule has 1 aromatic carbocycles. The zero-order chi connectivity index (χ0) is 11.5. The van der Waals surface area contributed by atoms with Gasteiger partial charge in [-0.25, -0.2) is 14.3 Å². The second kappa shape index (κ2) is 4.17. The maximum Gasteiger partial charge on any atom is 0.172 e. The van der Waals surface area contributed by atoms with E-state index in [4.69, 9.17) is 0 Å². The predicted molar refractivity (Wildman–Crippen MR) is 60.5 cm³/mol. The van der Waals surface area contributed by atoms with Crippen LogP contribution in [-0.2, 0) is 6.54 Å². The Balaban J connectivity index is 1.84. The van der Waals surface area contributed by atoms with Crippen LogP contribution in [0.5, 0.6) is 0 Å². The summed E-state index contributed by atoms with van der Waals surface area (Å²) < 4.78 is 3.43. The molecule has 6 heteroatoms. The Kier molecular flexibility index (Phi) is 2.38. The Hall–Kier alpha value is -2.50. The number of hydrogen-bond acceptors (Lipinski definition) is 4. The highest BCUT2D eigenvalue weighted by molar-refractivity contribution is 5.29. The third-order valence-corrected chi connectivity index (χ3v) is 2.34. The Morgan fingerprint density at radius 3 is 2.76 bits per heavy atom. The van der Waals surface area contributed by atoms with Crippen molar-refractivity contribution in [2.75, 3.05) is 0 Å². The standard InChI is InChI=1S/C11H10N6/c1-2-4-10(5-3-1)17-9-12-11(14-17)8-16-7-6-13-15-16/h1-7,9H,8H2. The van der Waals surface area contributed by atoms with Gasteiger partial charge in [0, 0.05) is 6.20 Å². The first kappa shape index (κ1) is 9.71. The van der Waals surface area contributed by atoms with Crippen molar-refractivity contribution < 1.29 is 0 Å². The predicted octanol–water partition coefficient (Wildman–Crippen LogP) is 0.907. The van der Waals surface area contributed by atoms with Crippen LogP contribution in [0.4, 0.5) is 0 Å². The third-order valence-electron chi connectivity index (χ3n) is 2.34. The van der Waals surface area contributed by atoms with Crippen LogP contribution < -0.4 is 0 Å². The Morgan fingerprint density at radius 2 is 2.00 bits per heavy atom. The van der Waals surface area contributed by atoms with Crippen LogP contribution >= 0.6 is 0 Å². The van der Waals surface area contributed by atoms with Gasteiger partial charge < -0.3 is 0 Å². The molecule has 2 aromatic heterocycles. The van der Waals surface area contributed by atoms with E-state index in [0.717, 1.165) is 5.69 Å². The SMILES string of the molecule is c1ccc(-n2cnc(Cn3ccnn3)n2)cc1. The van der Waals surface area contributed by atoms with Crippen LogP contribution in [0.25, 0.3) is 5.69 Å². The van der Waals surface area contributed by atoms with Gasteiger partial charge in [0.2, 0.25) is 0 Å². The van der Waals surface area contributed by atoms with Crippen LogP contribution in [0.3, 0.4) is 0 Å². The third kappa shape index (κ3) is 2.05. The summed E-state index contributed by atoms with van der Waals surface area (Å²) in [6, 6.07) is 9.86. The minimum Gasteiger partial charge on any atom is -0.245 e. The van der Waals surface area contributed by atoms with E-state index in [9.17, 15) is 0 Å². The molecule has 0 atom stereocenters. The number of aromatic nitrogens is 6. The van der Waals surface area contributed by atoms with E-state index < -0.39 is 0 Å². The fourth-order valence-electron chi connectivity index (χ4n) is 1.54. The molecule has 84 valence electrons. The summed E-state index contributed by atoms with van der Waals surface area (Å²) in [5.41, 5.74) is 0.991. The van der Waals surface area contributed by atoms with Crippen LogP contribution in [0, 0.1) is 0 Å². The average Bonchev–Trinajstić information content (AvgIpc) is 3.02. The van der Waals surface area contributed by atoms with Crippen molar-refractivity contribution >= 4 is 0 Å². The minimum absolute atomic E-state index is 0.528. The quantitative estimate of drug-likeness (QED) is 0.666. The molecule has 0 N–H and O–H groups in total. The second-order valence-corrected chi connectivity index (χ2v) is 3.54. The van der Waals surface area contributed by atoms with Crippen LogP contribution in [-0.4, -0.2) is 29.8 Å². The lowest BCUT2D eigenvalue weighted by atomic mass is 10.3. The molecule has 0 aliphatic heterocycles. The second-order valence-electron chi connectivity index (χ2n) is 3.54. The molecule has 0 radical (unpaired) electrons. The molecule has 0 spiro atoms. The molecule has 3 aromatic rings. The average molecular weight is 226 g/mol. The normalized spacial score (nSPS) is 10.6. The number of para-hydroxylation sites is 1. The first-order valence-corrected chi connectivity index (χ1v) is 5.22. The van der Waals surface area contributed by atoms with E-state index in [1.165, 1.54) is 0 Å². The van der Waals surface area contributed by atoms with Gasteiger partial charge in [-0.1, -0.05) is 23.4 Å². The van der Waals surface area contributed by atoms with E-state index in [0.29, 0.717) is 12.4 Å². The highest BCUT2D eigenvalue weighted by Gasteiger charge is 2.03. The van der Waals surface area contributed by atoms with Crippen molar-refractivity contribution in [2.24, 2.45) is 0 Å². The van der Waals surface area contributed by atoms with Crippen molar-refractivity contribution in [3.63, 3.8) is 0 Å². The molecule has 3 rings (SSSR count). The largest absolute Gasteiger partial charge is 0.245 e. The van der Waals surface area contributed by atoms with Gasteiger partial charge >= 0.3 is 0 Å². The van der Waals surface area contributed by atoms with Gasteiger partial charge in [0.15, 0.2) is 5.82 Å². The van der Waals surface area contributed by atoms with Gasteiger partial charge in [0.25, 0.3) is 0 Å². The lowest BCUT2D eigenvalue weighted by Crippen LogP contribution is -2.03. The zero-order valence-electron chi connectivity index (χ0n) is 9.01. The van der Waals surface area contributed by atoms with Gasteiger partial charge in [-0.05, 0) is 12.1 Å². The summed E-state index contributed by atoms with van der Waals surface area (Å²) in [4.78, 5) is 4.23. The molecule has 0 aliphatic carbocycles. The fraction of sp³-hybridized carbons (Fsp3) is 0.0909. The highest BCUT2D eigenvalue weighted by atomic mass is 15.4. The maximum absolute atomic E-state index is 4.37. The smallest absolute Gasteiger partial charge is 0.172 e. The molecular formula is C11H10N6.